The van der Waals surface area contributed by atoms with Crippen LogP contribution in [0, 0.1) is 0 Å². The number of methoxy groups -OCH3 is 1. The van der Waals surface area contributed by atoms with Crippen molar-refractivity contribution in [3.63, 3.8) is 0 Å². The molecule has 27 heavy (non-hydrogen) atoms. The van der Waals surface area contributed by atoms with Gasteiger partial charge in [-0.3, -0.25) is 0 Å². The highest BCUT2D eigenvalue weighted by Crippen LogP contribution is 2.28. The van der Waals surface area contributed by atoms with E-state index < -0.39 is 0 Å². The summed E-state index contributed by atoms with van der Waals surface area (Å²) in [6, 6.07) is 2.65. The molecule has 0 bridgehead atoms. The normalized spacial score (nSPS) is 20.0. The molecule has 0 radical (unpaired) electrons. The van der Waals surface area contributed by atoms with Crippen molar-refractivity contribution in [3.8, 4) is 0 Å². The Morgan fingerprint density at radius 1 is 1.19 bits per heavy atom. The first-order valence-electron chi connectivity index (χ1n) is 10.1. The molecule has 1 aromatic rings. The molecule has 2 fully saturated rings. The van der Waals surface area contributed by atoms with Crippen LogP contribution in [0.25, 0.3) is 0 Å². The smallest absolute Gasteiger partial charge is 0.232 e. The first-order chi connectivity index (χ1) is 13.2. The van der Waals surface area contributed by atoms with Gasteiger partial charge < -0.3 is 25.2 Å². The molecule has 0 saturated carbocycles. The standard InChI is InChI=1S/C19H32N6OS/c1-15-8-3-4-12-25(15)17-14-16(24-10-5-6-11-24)21-18(22-17)23-19(27)20-9-7-13-26-2/h14-15H,3-13H2,1-2H3,(H2,20,21,22,23,27). The predicted octanol–water partition coefficient (Wildman–Crippen LogP) is 2.78. The predicted molar refractivity (Wildman–Crippen MR) is 115 cm³/mol. The van der Waals surface area contributed by atoms with Crippen LogP contribution in [0.3, 0.4) is 0 Å². The molecule has 1 atom stereocenters. The minimum Gasteiger partial charge on any atom is -0.385 e. The van der Waals surface area contributed by atoms with Gasteiger partial charge in [-0.1, -0.05) is 0 Å². The molecule has 0 aromatic carbocycles. The van der Waals surface area contributed by atoms with E-state index in [-0.39, 0.29) is 0 Å². The molecule has 2 N–H and O–H groups in total. The van der Waals surface area contributed by atoms with Gasteiger partial charge in [-0.05, 0) is 57.7 Å². The van der Waals surface area contributed by atoms with E-state index in [9.17, 15) is 0 Å². The number of nitrogens with zero attached hydrogens (tertiary/aromatic N) is 4. The summed E-state index contributed by atoms with van der Waals surface area (Å²) < 4.78 is 5.07. The highest BCUT2D eigenvalue weighted by Gasteiger charge is 2.23. The van der Waals surface area contributed by atoms with E-state index >= 15 is 0 Å². The average molecular weight is 393 g/mol. The minimum absolute atomic E-state index is 0.507. The third kappa shape index (κ3) is 5.65. The van der Waals surface area contributed by atoms with Crippen molar-refractivity contribution in [2.75, 3.05) is 55.0 Å². The fraction of sp³-hybridized carbons (Fsp3) is 0.737. The van der Waals surface area contributed by atoms with Crippen LogP contribution in [-0.4, -0.2) is 61.0 Å². The van der Waals surface area contributed by atoms with Crippen molar-refractivity contribution in [3.05, 3.63) is 6.07 Å². The van der Waals surface area contributed by atoms with E-state index in [2.05, 4.69) is 33.4 Å². The number of aromatic nitrogens is 2. The third-order valence-electron chi connectivity index (χ3n) is 5.26. The molecular weight excluding hydrogens is 360 g/mol. The summed E-state index contributed by atoms with van der Waals surface area (Å²) in [6.07, 6.45) is 7.08. The molecule has 0 amide bonds. The number of hydrogen-bond donors (Lipinski definition) is 2. The Hall–Kier alpha value is -1.67. The number of thiocarbonyl (C=S) groups is 1. The molecular formula is C19H32N6OS. The van der Waals surface area contributed by atoms with Crippen molar-refractivity contribution in [1.29, 1.82) is 0 Å². The van der Waals surface area contributed by atoms with Crippen molar-refractivity contribution in [1.82, 2.24) is 15.3 Å². The second-order valence-corrected chi connectivity index (χ2v) is 7.78. The van der Waals surface area contributed by atoms with Gasteiger partial charge in [0.1, 0.15) is 11.6 Å². The van der Waals surface area contributed by atoms with Crippen molar-refractivity contribution in [2.45, 2.75) is 51.5 Å². The lowest BCUT2D eigenvalue weighted by atomic mass is 10.0. The topological polar surface area (TPSA) is 65.6 Å². The van der Waals surface area contributed by atoms with Gasteiger partial charge >= 0.3 is 0 Å². The van der Waals surface area contributed by atoms with Gasteiger partial charge in [0, 0.05) is 52.0 Å². The second-order valence-electron chi connectivity index (χ2n) is 7.37. The van der Waals surface area contributed by atoms with E-state index in [0.29, 0.717) is 23.7 Å². The molecule has 8 heteroatoms. The number of piperidine rings is 1. The number of ether oxygens (including phenoxy) is 1. The lowest BCUT2D eigenvalue weighted by Crippen LogP contribution is -2.38. The van der Waals surface area contributed by atoms with Gasteiger partial charge in [0.25, 0.3) is 0 Å². The van der Waals surface area contributed by atoms with Gasteiger partial charge in [-0.15, -0.1) is 0 Å². The maximum Gasteiger partial charge on any atom is 0.232 e. The number of hydrogen-bond acceptors (Lipinski definition) is 6. The number of anilines is 3. The summed E-state index contributed by atoms with van der Waals surface area (Å²) in [5.41, 5.74) is 0. The van der Waals surface area contributed by atoms with Crippen LogP contribution in [0.4, 0.5) is 17.6 Å². The fourth-order valence-corrected chi connectivity index (χ4v) is 3.93. The summed E-state index contributed by atoms with van der Waals surface area (Å²) in [7, 11) is 1.71. The Morgan fingerprint density at radius 2 is 1.93 bits per heavy atom. The lowest BCUT2D eigenvalue weighted by Gasteiger charge is -2.35. The van der Waals surface area contributed by atoms with E-state index in [1.807, 2.05) is 0 Å². The lowest BCUT2D eigenvalue weighted by molar-refractivity contribution is 0.196. The fourth-order valence-electron chi connectivity index (χ4n) is 3.74. The maximum absolute atomic E-state index is 5.42. The van der Waals surface area contributed by atoms with Gasteiger partial charge in [0.2, 0.25) is 5.95 Å². The zero-order valence-electron chi connectivity index (χ0n) is 16.5. The highest BCUT2D eigenvalue weighted by molar-refractivity contribution is 7.80. The zero-order valence-corrected chi connectivity index (χ0v) is 17.4. The SMILES string of the molecule is COCCCNC(=S)Nc1nc(N2CCCC2)cc(N2CCCCC2C)n1. The molecule has 150 valence electrons. The van der Waals surface area contributed by atoms with Crippen LogP contribution in [0.1, 0.15) is 45.4 Å². The maximum atomic E-state index is 5.42. The van der Waals surface area contributed by atoms with E-state index in [1.54, 1.807) is 7.11 Å². The summed E-state index contributed by atoms with van der Waals surface area (Å²) in [5, 5.41) is 6.93. The molecule has 1 aromatic heterocycles. The Bertz CT molecular complexity index is 622. The Morgan fingerprint density at radius 3 is 2.67 bits per heavy atom. The van der Waals surface area contributed by atoms with Crippen molar-refractivity contribution in [2.24, 2.45) is 0 Å². The number of nitrogens with one attached hydrogen (secondary N) is 2. The van der Waals surface area contributed by atoms with Crippen molar-refractivity contribution >= 4 is 34.9 Å². The Kier molecular flexibility index (Phi) is 7.46. The summed E-state index contributed by atoms with van der Waals surface area (Å²) in [6.45, 7) is 6.94. The first-order valence-corrected chi connectivity index (χ1v) is 10.5. The van der Waals surface area contributed by atoms with E-state index in [1.165, 1.54) is 32.1 Å². The summed E-state index contributed by atoms with van der Waals surface area (Å²) in [5.74, 6) is 2.58. The second kappa shape index (κ2) is 10.0. The molecule has 1 unspecified atom stereocenters. The minimum atomic E-state index is 0.507. The van der Waals surface area contributed by atoms with Crippen LogP contribution < -0.4 is 20.4 Å². The molecule has 3 rings (SSSR count). The van der Waals surface area contributed by atoms with Crippen LogP contribution in [-0.2, 0) is 4.74 Å². The van der Waals surface area contributed by atoms with Crippen LogP contribution >= 0.6 is 12.2 Å². The van der Waals surface area contributed by atoms with Gasteiger partial charge in [-0.2, -0.15) is 9.97 Å². The largest absolute Gasteiger partial charge is 0.385 e. The average Bonchev–Trinajstić information content (AvgIpc) is 3.20. The van der Waals surface area contributed by atoms with Gasteiger partial charge in [0.15, 0.2) is 5.11 Å². The van der Waals surface area contributed by atoms with Crippen LogP contribution in [0.2, 0.25) is 0 Å². The molecule has 0 aliphatic carbocycles. The molecule has 2 aliphatic heterocycles. The zero-order chi connectivity index (χ0) is 19.1. The Labute approximate surface area is 167 Å². The van der Waals surface area contributed by atoms with Gasteiger partial charge in [0.05, 0.1) is 0 Å². The highest BCUT2D eigenvalue weighted by atomic mass is 32.1. The van der Waals surface area contributed by atoms with E-state index in [4.69, 9.17) is 26.9 Å². The van der Waals surface area contributed by atoms with Crippen LogP contribution in [0.15, 0.2) is 6.07 Å². The Balaban J connectivity index is 1.74. The molecule has 2 aliphatic rings. The summed E-state index contributed by atoms with van der Waals surface area (Å²) in [4.78, 5) is 14.3. The first kappa shape index (κ1) is 20.1. The van der Waals surface area contributed by atoms with Crippen LogP contribution in [0.5, 0.6) is 0 Å². The number of rotatable bonds is 7. The van der Waals surface area contributed by atoms with Crippen molar-refractivity contribution < 1.29 is 4.74 Å². The molecule has 0 spiro atoms. The van der Waals surface area contributed by atoms with Gasteiger partial charge in [-0.25, -0.2) is 0 Å². The quantitative estimate of drug-likeness (QED) is 0.542. The summed E-state index contributed by atoms with van der Waals surface area (Å²) >= 11 is 5.42. The monoisotopic (exact) mass is 392 g/mol. The van der Waals surface area contributed by atoms with E-state index in [0.717, 1.165) is 44.2 Å². The molecule has 3 heterocycles. The molecule has 2 saturated heterocycles. The molecule has 7 nitrogen and oxygen atoms in total. The third-order valence-corrected chi connectivity index (χ3v) is 5.51.